The van der Waals surface area contributed by atoms with Gasteiger partial charge in [-0.25, -0.2) is 9.37 Å². The number of ether oxygens (including phenoxy) is 1. The third kappa shape index (κ3) is 4.24. The number of hydrogen-bond donors (Lipinski definition) is 1. The van der Waals surface area contributed by atoms with Crippen LogP contribution in [0.4, 0.5) is 4.39 Å². The first-order valence-electron chi connectivity index (χ1n) is 8.23. The van der Waals surface area contributed by atoms with Gasteiger partial charge in [-0.2, -0.15) is 0 Å². The van der Waals surface area contributed by atoms with E-state index in [1.54, 1.807) is 42.5 Å². The number of para-hydroxylation sites is 2. The molecule has 3 aromatic rings. The van der Waals surface area contributed by atoms with Crippen molar-refractivity contribution in [2.45, 2.75) is 13.0 Å². The van der Waals surface area contributed by atoms with E-state index in [4.69, 9.17) is 4.74 Å². The minimum atomic E-state index is -0.417. The third-order valence-electron chi connectivity index (χ3n) is 3.78. The van der Waals surface area contributed by atoms with Crippen LogP contribution in [0.2, 0.25) is 0 Å². The van der Waals surface area contributed by atoms with E-state index < -0.39 is 5.82 Å². The van der Waals surface area contributed by atoms with E-state index in [9.17, 15) is 14.0 Å². The molecule has 1 aromatic heterocycles. The monoisotopic (exact) mass is 355 g/mol. The fraction of sp³-hybridized carbons (Fsp3) is 0.211. The van der Waals surface area contributed by atoms with Gasteiger partial charge in [-0.05, 0) is 30.7 Å². The zero-order valence-electron chi connectivity index (χ0n) is 14.0. The molecule has 0 spiro atoms. The Morgan fingerprint density at radius 1 is 1.15 bits per heavy atom. The van der Waals surface area contributed by atoms with Crippen LogP contribution in [-0.2, 0) is 11.3 Å². The molecule has 134 valence electrons. The predicted molar refractivity (Wildman–Crippen MR) is 95.5 cm³/mol. The predicted octanol–water partition coefficient (Wildman–Crippen LogP) is 2.12. The molecule has 0 fully saturated rings. The van der Waals surface area contributed by atoms with Gasteiger partial charge in [0.25, 0.3) is 5.56 Å². The number of nitrogens with zero attached hydrogens (tertiary/aromatic N) is 2. The number of fused-ring (bicyclic) bond motifs is 1. The second-order valence-corrected chi connectivity index (χ2v) is 5.68. The summed E-state index contributed by atoms with van der Waals surface area (Å²) in [6.45, 7) is 0.534. The zero-order chi connectivity index (χ0) is 18.4. The van der Waals surface area contributed by atoms with Gasteiger partial charge < -0.3 is 10.1 Å². The number of amides is 1. The lowest BCUT2D eigenvalue weighted by atomic mass is 10.2. The van der Waals surface area contributed by atoms with Gasteiger partial charge in [0.1, 0.15) is 6.54 Å². The molecule has 2 aromatic carbocycles. The summed E-state index contributed by atoms with van der Waals surface area (Å²) in [4.78, 5) is 28.5. The smallest absolute Gasteiger partial charge is 0.261 e. The van der Waals surface area contributed by atoms with Crippen LogP contribution < -0.4 is 15.6 Å². The molecule has 7 heteroatoms. The first-order chi connectivity index (χ1) is 12.6. The Morgan fingerprint density at radius 3 is 2.77 bits per heavy atom. The Balaban J connectivity index is 1.47. The molecule has 0 saturated carbocycles. The lowest BCUT2D eigenvalue weighted by Gasteiger charge is -2.09. The fourth-order valence-corrected chi connectivity index (χ4v) is 2.47. The van der Waals surface area contributed by atoms with Gasteiger partial charge in [-0.1, -0.05) is 24.3 Å². The van der Waals surface area contributed by atoms with Crippen LogP contribution in [0.15, 0.2) is 59.7 Å². The van der Waals surface area contributed by atoms with E-state index in [-0.39, 0.29) is 30.4 Å². The van der Waals surface area contributed by atoms with E-state index in [1.165, 1.54) is 17.0 Å². The first kappa shape index (κ1) is 17.6. The van der Waals surface area contributed by atoms with Crippen molar-refractivity contribution in [1.29, 1.82) is 0 Å². The molecule has 3 rings (SSSR count). The van der Waals surface area contributed by atoms with Crippen molar-refractivity contribution in [3.8, 4) is 5.75 Å². The average molecular weight is 355 g/mol. The largest absolute Gasteiger partial charge is 0.490 e. The summed E-state index contributed by atoms with van der Waals surface area (Å²) in [7, 11) is 0. The van der Waals surface area contributed by atoms with Gasteiger partial charge in [0.2, 0.25) is 5.91 Å². The molecular formula is C19H18FN3O3. The molecule has 0 saturated heterocycles. The molecule has 0 atom stereocenters. The standard InChI is InChI=1S/C19H18FN3O3/c20-15-7-2-4-9-17(15)26-11-5-10-21-18(24)12-23-13-22-16-8-3-1-6-14(16)19(23)25/h1-4,6-9,13H,5,10-12H2,(H,21,24). The van der Waals surface area contributed by atoms with Crippen molar-refractivity contribution in [3.05, 3.63) is 71.0 Å². The van der Waals surface area contributed by atoms with Crippen LogP contribution >= 0.6 is 0 Å². The Labute approximate surface area is 149 Å². The topological polar surface area (TPSA) is 73.2 Å². The normalized spacial score (nSPS) is 10.7. The van der Waals surface area contributed by atoms with Crippen molar-refractivity contribution in [2.75, 3.05) is 13.2 Å². The molecule has 1 N–H and O–H groups in total. The highest BCUT2D eigenvalue weighted by molar-refractivity contribution is 5.78. The van der Waals surface area contributed by atoms with Crippen molar-refractivity contribution in [3.63, 3.8) is 0 Å². The highest BCUT2D eigenvalue weighted by atomic mass is 19.1. The number of hydrogen-bond acceptors (Lipinski definition) is 4. The van der Waals surface area contributed by atoms with Crippen LogP contribution in [0, 0.1) is 5.82 Å². The SMILES string of the molecule is O=C(Cn1cnc2ccccc2c1=O)NCCCOc1ccccc1F. The molecule has 0 aliphatic rings. The zero-order valence-corrected chi connectivity index (χ0v) is 14.0. The molecule has 0 bridgehead atoms. The summed E-state index contributed by atoms with van der Waals surface area (Å²) < 4.78 is 20.0. The van der Waals surface area contributed by atoms with Crippen LogP contribution in [-0.4, -0.2) is 28.6 Å². The number of nitrogens with one attached hydrogen (secondary N) is 1. The quantitative estimate of drug-likeness (QED) is 0.659. The van der Waals surface area contributed by atoms with Crippen LogP contribution in [0.25, 0.3) is 10.9 Å². The summed E-state index contributed by atoms with van der Waals surface area (Å²) in [6.07, 6.45) is 1.89. The molecule has 0 aliphatic heterocycles. The number of carbonyl (C=O) groups is 1. The van der Waals surface area contributed by atoms with Gasteiger partial charge in [-0.15, -0.1) is 0 Å². The molecule has 26 heavy (non-hydrogen) atoms. The minimum Gasteiger partial charge on any atom is -0.490 e. The number of rotatable bonds is 7. The van der Waals surface area contributed by atoms with Gasteiger partial charge in [0.15, 0.2) is 11.6 Å². The first-order valence-corrected chi connectivity index (χ1v) is 8.23. The third-order valence-corrected chi connectivity index (χ3v) is 3.78. The summed E-state index contributed by atoms with van der Waals surface area (Å²) in [6, 6.07) is 13.1. The molecule has 0 aliphatic carbocycles. The van der Waals surface area contributed by atoms with Crippen LogP contribution in [0.5, 0.6) is 5.75 Å². The molecule has 1 amide bonds. The summed E-state index contributed by atoms with van der Waals surface area (Å²) in [5.74, 6) is -0.526. The van der Waals surface area contributed by atoms with Crippen molar-refractivity contribution >= 4 is 16.8 Å². The molecule has 0 unspecified atom stereocenters. The summed E-state index contributed by atoms with van der Waals surface area (Å²) in [5.41, 5.74) is 0.341. The summed E-state index contributed by atoms with van der Waals surface area (Å²) >= 11 is 0. The van der Waals surface area contributed by atoms with Gasteiger partial charge >= 0.3 is 0 Å². The van der Waals surface area contributed by atoms with E-state index in [0.717, 1.165) is 0 Å². The lowest BCUT2D eigenvalue weighted by molar-refractivity contribution is -0.121. The molecule has 6 nitrogen and oxygen atoms in total. The molecule has 0 radical (unpaired) electrons. The van der Waals surface area contributed by atoms with E-state index in [1.807, 2.05) is 0 Å². The van der Waals surface area contributed by atoms with Crippen molar-refractivity contribution < 1.29 is 13.9 Å². The Bertz CT molecular complexity index is 971. The van der Waals surface area contributed by atoms with Gasteiger partial charge in [-0.3, -0.25) is 14.2 Å². The maximum Gasteiger partial charge on any atom is 0.261 e. The highest BCUT2D eigenvalue weighted by Gasteiger charge is 2.07. The van der Waals surface area contributed by atoms with Crippen molar-refractivity contribution in [2.24, 2.45) is 0 Å². The van der Waals surface area contributed by atoms with Crippen LogP contribution in [0.3, 0.4) is 0 Å². The Morgan fingerprint density at radius 2 is 1.92 bits per heavy atom. The fourth-order valence-electron chi connectivity index (χ4n) is 2.47. The molecule has 1 heterocycles. The second kappa shape index (κ2) is 8.24. The van der Waals surface area contributed by atoms with E-state index in [0.29, 0.717) is 23.9 Å². The summed E-state index contributed by atoms with van der Waals surface area (Å²) in [5, 5.41) is 3.18. The number of benzene rings is 2. The van der Waals surface area contributed by atoms with E-state index >= 15 is 0 Å². The highest BCUT2D eigenvalue weighted by Crippen LogP contribution is 2.15. The average Bonchev–Trinajstić information content (AvgIpc) is 2.65. The number of carbonyl (C=O) groups excluding carboxylic acids is 1. The molecular weight excluding hydrogens is 337 g/mol. The second-order valence-electron chi connectivity index (χ2n) is 5.68. The van der Waals surface area contributed by atoms with Gasteiger partial charge in [0.05, 0.1) is 23.8 Å². The minimum absolute atomic E-state index is 0.106. The maximum absolute atomic E-state index is 13.4. The Hall–Kier alpha value is -3.22. The lowest BCUT2D eigenvalue weighted by Crippen LogP contribution is -2.33. The Kier molecular flexibility index (Phi) is 5.58. The van der Waals surface area contributed by atoms with Crippen LogP contribution in [0.1, 0.15) is 6.42 Å². The number of halogens is 1. The van der Waals surface area contributed by atoms with Crippen molar-refractivity contribution in [1.82, 2.24) is 14.9 Å². The van der Waals surface area contributed by atoms with Gasteiger partial charge in [0, 0.05) is 6.54 Å². The maximum atomic E-state index is 13.4. The van der Waals surface area contributed by atoms with E-state index in [2.05, 4.69) is 10.3 Å². The number of aromatic nitrogens is 2.